The minimum absolute atomic E-state index is 0.206. The number of aryl methyl sites for hydroxylation is 1. The molecule has 1 N–H and O–H groups in total. The third-order valence-corrected chi connectivity index (χ3v) is 3.64. The van der Waals surface area contributed by atoms with Crippen molar-refractivity contribution in [3.8, 4) is 0 Å². The molecule has 0 spiro atoms. The van der Waals surface area contributed by atoms with Crippen LogP contribution in [0.1, 0.15) is 62.4 Å². The zero-order chi connectivity index (χ0) is 13.0. The normalized spacial score (nSPS) is 19.4. The van der Waals surface area contributed by atoms with Gasteiger partial charge in [0, 0.05) is 6.54 Å². The molecule has 1 aromatic heterocycles. The van der Waals surface area contributed by atoms with Crippen molar-refractivity contribution in [2.24, 2.45) is 0 Å². The Hall–Kier alpha value is -1.23. The Balaban J connectivity index is 2.20. The van der Waals surface area contributed by atoms with Crippen LogP contribution in [0.5, 0.6) is 0 Å². The fraction of sp³-hybridized carbons (Fsp3) is 0.769. The Bertz CT molecular complexity index is 406. The lowest BCUT2D eigenvalue weighted by Crippen LogP contribution is -2.39. The third kappa shape index (κ3) is 2.61. The fourth-order valence-corrected chi connectivity index (χ4v) is 2.59. The van der Waals surface area contributed by atoms with Gasteiger partial charge in [0.1, 0.15) is 11.3 Å². The molecule has 0 aromatic carbocycles. The van der Waals surface area contributed by atoms with Crippen LogP contribution in [0.25, 0.3) is 0 Å². The van der Waals surface area contributed by atoms with Crippen LogP contribution in [-0.4, -0.2) is 31.5 Å². The summed E-state index contributed by atoms with van der Waals surface area (Å²) < 4.78 is 1.60. The van der Waals surface area contributed by atoms with E-state index >= 15 is 0 Å². The smallest absolute Gasteiger partial charge is 0.213 e. The van der Waals surface area contributed by atoms with Gasteiger partial charge < -0.3 is 5.11 Å². The van der Waals surface area contributed by atoms with E-state index in [0.717, 1.165) is 32.1 Å². The van der Waals surface area contributed by atoms with Crippen LogP contribution in [-0.2, 0) is 6.54 Å². The van der Waals surface area contributed by atoms with Gasteiger partial charge in [0.05, 0.1) is 6.20 Å². The molecule has 1 fully saturated rings. The van der Waals surface area contributed by atoms with E-state index in [1.807, 2.05) is 6.92 Å². The summed E-state index contributed by atoms with van der Waals surface area (Å²) in [5.74, 6) is -0.206. The number of aliphatic hydroxyl groups is 1. The van der Waals surface area contributed by atoms with Gasteiger partial charge in [-0.25, -0.2) is 4.68 Å². The van der Waals surface area contributed by atoms with Crippen LogP contribution in [0.3, 0.4) is 0 Å². The van der Waals surface area contributed by atoms with Crippen molar-refractivity contribution in [2.45, 2.75) is 64.0 Å². The van der Waals surface area contributed by atoms with Crippen molar-refractivity contribution in [1.82, 2.24) is 15.0 Å². The molecule has 18 heavy (non-hydrogen) atoms. The van der Waals surface area contributed by atoms with E-state index < -0.39 is 5.60 Å². The van der Waals surface area contributed by atoms with Crippen molar-refractivity contribution < 1.29 is 9.90 Å². The Morgan fingerprint density at radius 2 is 2.06 bits per heavy atom. The SMILES string of the molecule is CCCn1nncc1C(=O)C1(O)CCCCCC1. The molecular weight excluding hydrogens is 230 g/mol. The highest BCUT2D eigenvalue weighted by Crippen LogP contribution is 2.30. The molecule has 2 rings (SSSR count). The van der Waals surface area contributed by atoms with Gasteiger partial charge >= 0.3 is 0 Å². The largest absolute Gasteiger partial charge is 0.382 e. The highest BCUT2D eigenvalue weighted by atomic mass is 16.3. The average molecular weight is 251 g/mol. The van der Waals surface area contributed by atoms with E-state index in [-0.39, 0.29) is 5.78 Å². The Morgan fingerprint density at radius 1 is 1.39 bits per heavy atom. The van der Waals surface area contributed by atoms with Crippen molar-refractivity contribution in [2.75, 3.05) is 0 Å². The number of hydrogen-bond donors (Lipinski definition) is 1. The molecule has 0 aliphatic heterocycles. The quantitative estimate of drug-likeness (QED) is 0.656. The van der Waals surface area contributed by atoms with Gasteiger partial charge in [-0.3, -0.25) is 4.79 Å². The molecule has 0 bridgehead atoms. The summed E-state index contributed by atoms with van der Waals surface area (Å²) in [4.78, 5) is 12.5. The van der Waals surface area contributed by atoms with Crippen molar-refractivity contribution in [3.63, 3.8) is 0 Å². The van der Waals surface area contributed by atoms with Crippen LogP contribution in [0.2, 0.25) is 0 Å². The molecule has 1 saturated carbocycles. The number of nitrogens with zero attached hydrogens (tertiary/aromatic N) is 3. The van der Waals surface area contributed by atoms with E-state index in [1.54, 1.807) is 4.68 Å². The Labute approximate surface area is 107 Å². The number of rotatable bonds is 4. The molecule has 1 aromatic rings. The summed E-state index contributed by atoms with van der Waals surface area (Å²) in [5, 5.41) is 18.3. The summed E-state index contributed by atoms with van der Waals surface area (Å²) in [6.07, 6.45) is 7.51. The molecule has 0 saturated heterocycles. The molecule has 1 aliphatic carbocycles. The van der Waals surface area contributed by atoms with Crippen LogP contribution >= 0.6 is 0 Å². The van der Waals surface area contributed by atoms with Crippen LogP contribution in [0, 0.1) is 0 Å². The minimum Gasteiger partial charge on any atom is -0.382 e. The van der Waals surface area contributed by atoms with Crippen molar-refractivity contribution >= 4 is 5.78 Å². The average Bonchev–Trinajstić information content (AvgIpc) is 2.70. The second kappa shape index (κ2) is 5.61. The molecule has 1 heterocycles. The van der Waals surface area contributed by atoms with Crippen molar-refractivity contribution in [1.29, 1.82) is 0 Å². The second-order valence-electron chi connectivity index (χ2n) is 5.12. The zero-order valence-corrected chi connectivity index (χ0v) is 10.9. The van der Waals surface area contributed by atoms with E-state index in [9.17, 15) is 9.90 Å². The number of aromatic nitrogens is 3. The van der Waals surface area contributed by atoms with Gasteiger partial charge in [0.25, 0.3) is 0 Å². The van der Waals surface area contributed by atoms with Gasteiger partial charge in [-0.1, -0.05) is 37.8 Å². The monoisotopic (exact) mass is 251 g/mol. The van der Waals surface area contributed by atoms with Crippen LogP contribution in [0.15, 0.2) is 6.20 Å². The zero-order valence-electron chi connectivity index (χ0n) is 10.9. The third-order valence-electron chi connectivity index (χ3n) is 3.64. The van der Waals surface area contributed by atoms with E-state index in [0.29, 0.717) is 25.1 Å². The summed E-state index contributed by atoms with van der Waals surface area (Å²) in [5.41, 5.74) is -0.759. The van der Waals surface area contributed by atoms with Gasteiger partial charge in [0.15, 0.2) is 0 Å². The predicted molar refractivity (Wildman–Crippen MR) is 67.3 cm³/mol. The number of Topliss-reactive ketones (excluding diaryl/α,β-unsaturated/α-hetero) is 1. The first-order chi connectivity index (χ1) is 8.67. The lowest BCUT2D eigenvalue weighted by Gasteiger charge is -2.24. The molecule has 100 valence electrons. The molecular formula is C13H21N3O2. The maximum absolute atomic E-state index is 12.5. The van der Waals surface area contributed by atoms with Gasteiger partial charge in [-0.15, -0.1) is 5.10 Å². The molecule has 1 aliphatic rings. The molecule has 0 unspecified atom stereocenters. The lowest BCUT2D eigenvalue weighted by molar-refractivity contribution is 0.0227. The van der Waals surface area contributed by atoms with Gasteiger partial charge in [0.2, 0.25) is 5.78 Å². The van der Waals surface area contributed by atoms with E-state index in [4.69, 9.17) is 0 Å². The molecule has 0 radical (unpaired) electrons. The number of carbonyl (C=O) groups is 1. The Kier molecular flexibility index (Phi) is 4.11. The summed E-state index contributed by atoms with van der Waals surface area (Å²) in [6, 6.07) is 0. The fourth-order valence-electron chi connectivity index (χ4n) is 2.59. The molecule has 5 nitrogen and oxygen atoms in total. The van der Waals surface area contributed by atoms with Gasteiger partial charge in [-0.05, 0) is 19.3 Å². The van der Waals surface area contributed by atoms with Crippen LogP contribution in [0.4, 0.5) is 0 Å². The molecule has 0 atom stereocenters. The topological polar surface area (TPSA) is 68.0 Å². The summed E-state index contributed by atoms with van der Waals surface area (Å²) in [7, 11) is 0. The first kappa shape index (κ1) is 13.2. The van der Waals surface area contributed by atoms with Crippen molar-refractivity contribution in [3.05, 3.63) is 11.9 Å². The van der Waals surface area contributed by atoms with Gasteiger partial charge in [-0.2, -0.15) is 0 Å². The first-order valence-electron chi connectivity index (χ1n) is 6.83. The predicted octanol–water partition coefficient (Wildman–Crippen LogP) is 1.96. The second-order valence-corrected chi connectivity index (χ2v) is 5.12. The van der Waals surface area contributed by atoms with E-state index in [1.165, 1.54) is 6.20 Å². The van der Waals surface area contributed by atoms with Crippen LogP contribution < -0.4 is 0 Å². The number of ketones is 1. The highest BCUT2D eigenvalue weighted by molar-refractivity contribution is 6.00. The number of hydrogen-bond acceptors (Lipinski definition) is 4. The van der Waals surface area contributed by atoms with E-state index in [2.05, 4.69) is 10.3 Å². The first-order valence-corrected chi connectivity index (χ1v) is 6.83. The molecule has 0 amide bonds. The Morgan fingerprint density at radius 3 is 2.67 bits per heavy atom. The summed E-state index contributed by atoms with van der Waals surface area (Å²) in [6.45, 7) is 2.69. The summed E-state index contributed by atoms with van der Waals surface area (Å²) >= 11 is 0. The standard InChI is InChI=1S/C13H21N3O2/c1-2-9-16-11(10-14-15-16)12(17)13(18)7-5-3-4-6-8-13/h10,18H,2-9H2,1H3. The maximum atomic E-state index is 12.5. The number of carbonyl (C=O) groups excluding carboxylic acids is 1. The minimum atomic E-state index is -1.20. The lowest BCUT2D eigenvalue weighted by atomic mass is 9.88. The highest BCUT2D eigenvalue weighted by Gasteiger charge is 2.38. The maximum Gasteiger partial charge on any atom is 0.213 e. The molecule has 5 heteroatoms.